The Balaban J connectivity index is 2.21. The van der Waals surface area contributed by atoms with Crippen LogP contribution < -0.4 is 0 Å². The van der Waals surface area contributed by atoms with Gasteiger partial charge in [-0.2, -0.15) is 0 Å². The maximum atomic E-state index is 11.6. The third-order valence-electron chi connectivity index (χ3n) is 3.19. The number of ketones is 2. The molecule has 1 aromatic heterocycles. The van der Waals surface area contributed by atoms with E-state index in [1.807, 2.05) is 6.07 Å². The van der Waals surface area contributed by atoms with Crippen LogP contribution in [0, 0.1) is 0 Å². The van der Waals surface area contributed by atoms with Gasteiger partial charge in [0.2, 0.25) is 5.78 Å². The molecule has 3 rings (SSSR count). The van der Waals surface area contributed by atoms with Crippen molar-refractivity contribution in [2.45, 2.75) is 25.7 Å². The summed E-state index contributed by atoms with van der Waals surface area (Å²) in [5.41, 5.74) is 2.96. The highest BCUT2D eigenvalue weighted by Gasteiger charge is 2.23. The highest BCUT2D eigenvalue weighted by molar-refractivity contribution is 6.21. The summed E-state index contributed by atoms with van der Waals surface area (Å²) in [4.78, 5) is 27.6. The fraction of sp³-hybridized carbons (Fsp3) is 0.308. The normalized spacial score (nSPS) is 18.2. The maximum absolute atomic E-state index is 11.6. The van der Waals surface area contributed by atoms with Gasteiger partial charge in [0.15, 0.2) is 5.78 Å². The Morgan fingerprint density at radius 1 is 1.00 bits per heavy atom. The number of hydrogen-bond donors (Lipinski definition) is 0. The van der Waals surface area contributed by atoms with Gasteiger partial charge in [0.05, 0.1) is 5.56 Å². The Labute approximate surface area is 93.2 Å². The molecule has 3 nitrogen and oxygen atoms in total. The molecule has 3 heteroatoms. The van der Waals surface area contributed by atoms with Crippen LogP contribution in [0.2, 0.25) is 0 Å². The van der Waals surface area contributed by atoms with Crippen molar-refractivity contribution < 1.29 is 9.59 Å². The number of carbonyl (C=O) groups is 2. The quantitative estimate of drug-likeness (QED) is 0.661. The average molecular weight is 213 g/mol. The van der Waals surface area contributed by atoms with Crippen LogP contribution in [0.4, 0.5) is 0 Å². The van der Waals surface area contributed by atoms with E-state index in [1.54, 1.807) is 0 Å². The largest absolute Gasteiger partial charge is 0.289 e. The monoisotopic (exact) mass is 213 g/mol. The van der Waals surface area contributed by atoms with Crippen LogP contribution in [0.5, 0.6) is 0 Å². The van der Waals surface area contributed by atoms with Gasteiger partial charge in [-0.3, -0.25) is 9.59 Å². The second-order valence-electron chi connectivity index (χ2n) is 4.26. The summed E-state index contributed by atoms with van der Waals surface area (Å²) in [6.07, 6.45) is 6.81. The summed E-state index contributed by atoms with van der Waals surface area (Å²) >= 11 is 0. The summed E-state index contributed by atoms with van der Waals surface area (Å²) < 4.78 is 0. The van der Waals surface area contributed by atoms with E-state index < -0.39 is 0 Å². The van der Waals surface area contributed by atoms with Crippen molar-refractivity contribution in [1.82, 2.24) is 4.98 Å². The minimum Gasteiger partial charge on any atom is -0.289 e. The molecule has 0 spiro atoms. The molecular weight excluding hydrogens is 202 g/mol. The van der Waals surface area contributed by atoms with Gasteiger partial charge in [0.25, 0.3) is 0 Å². The lowest BCUT2D eigenvalue weighted by Gasteiger charge is -2.18. The number of allylic oxidation sites excluding steroid dienone is 2. The smallest absolute Gasteiger partial charge is 0.205 e. The van der Waals surface area contributed by atoms with Crippen LogP contribution in [-0.2, 0) is 12.8 Å². The Morgan fingerprint density at radius 3 is 2.62 bits per heavy atom. The molecule has 0 aromatic carbocycles. The lowest BCUT2D eigenvalue weighted by Crippen LogP contribution is -2.18. The van der Waals surface area contributed by atoms with Gasteiger partial charge in [-0.25, -0.2) is 4.98 Å². The van der Waals surface area contributed by atoms with Crippen molar-refractivity contribution in [2.24, 2.45) is 0 Å². The van der Waals surface area contributed by atoms with Gasteiger partial charge >= 0.3 is 0 Å². The lowest BCUT2D eigenvalue weighted by atomic mass is 9.91. The number of aromatic nitrogens is 1. The van der Waals surface area contributed by atoms with Crippen LogP contribution in [0.25, 0.3) is 0 Å². The first-order valence-electron chi connectivity index (χ1n) is 5.55. The van der Waals surface area contributed by atoms with Gasteiger partial charge < -0.3 is 0 Å². The molecule has 2 aliphatic carbocycles. The van der Waals surface area contributed by atoms with Crippen LogP contribution in [0.1, 0.15) is 44.9 Å². The van der Waals surface area contributed by atoms with E-state index in [1.165, 1.54) is 12.2 Å². The molecular formula is C13H11NO2. The highest BCUT2D eigenvalue weighted by atomic mass is 16.1. The Morgan fingerprint density at radius 2 is 1.75 bits per heavy atom. The number of pyridine rings is 1. The SMILES string of the molecule is O=C1C=CC(=O)c2nc3c(cc21)CCCC3. The molecule has 80 valence electrons. The zero-order chi connectivity index (χ0) is 11.1. The number of aryl methyl sites for hydroxylation is 2. The number of rotatable bonds is 0. The van der Waals surface area contributed by atoms with E-state index in [0.717, 1.165) is 36.9 Å². The van der Waals surface area contributed by atoms with E-state index in [0.29, 0.717) is 11.3 Å². The molecule has 0 atom stereocenters. The molecule has 0 radical (unpaired) electrons. The Hall–Kier alpha value is -1.77. The lowest BCUT2D eigenvalue weighted by molar-refractivity contribution is 0.0990. The molecule has 0 bridgehead atoms. The second-order valence-corrected chi connectivity index (χ2v) is 4.26. The summed E-state index contributed by atoms with van der Waals surface area (Å²) in [5.74, 6) is -0.251. The molecule has 0 amide bonds. The molecule has 0 fully saturated rings. The van der Waals surface area contributed by atoms with Crippen molar-refractivity contribution >= 4 is 11.6 Å². The van der Waals surface area contributed by atoms with Crippen molar-refractivity contribution in [1.29, 1.82) is 0 Å². The third kappa shape index (κ3) is 1.32. The first-order valence-corrected chi connectivity index (χ1v) is 5.55. The molecule has 0 saturated heterocycles. The minimum atomic E-state index is -0.150. The average Bonchev–Trinajstić information content (AvgIpc) is 2.32. The van der Waals surface area contributed by atoms with Crippen molar-refractivity contribution in [3.8, 4) is 0 Å². The van der Waals surface area contributed by atoms with Crippen LogP contribution in [-0.4, -0.2) is 16.6 Å². The van der Waals surface area contributed by atoms with Gasteiger partial charge in [-0.15, -0.1) is 0 Å². The zero-order valence-corrected chi connectivity index (χ0v) is 8.82. The predicted octanol–water partition coefficient (Wildman–Crippen LogP) is 1.90. The molecule has 0 saturated carbocycles. The molecule has 2 aliphatic rings. The fourth-order valence-electron chi connectivity index (χ4n) is 2.33. The standard InChI is InChI=1S/C13H11NO2/c15-11-5-6-12(16)13-9(11)7-8-3-1-2-4-10(8)14-13/h5-7H,1-4H2. The molecule has 0 aliphatic heterocycles. The number of nitrogens with zero attached hydrogens (tertiary/aromatic N) is 1. The van der Waals surface area contributed by atoms with E-state index in [-0.39, 0.29) is 11.6 Å². The second kappa shape index (κ2) is 3.37. The van der Waals surface area contributed by atoms with Crippen LogP contribution in [0.15, 0.2) is 18.2 Å². The first-order chi connectivity index (χ1) is 7.75. The van der Waals surface area contributed by atoms with Crippen LogP contribution >= 0.6 is 0 Å². The van der Waals surface area contributed by atoms with E-state index in [9.17, 15) is 9.59 Å². The third-order valence-corrected chi connectivity index (χ3v) is 3.19. The Bertz CT molecular complexity index is 482. The maximum Gasteiger partial charge on any atom is 0.205 e. The number of fused-ring (bicyclic) bond motifs is 2. The Kier molecular flexibility index (Phi) is 1.99. The number of hydrogen-bond acceptors (Lipinski definition) is 3. The topological polar surface area (TPSA) is 47.0 Å². The van der Waals surface area contributed by atoms with Crippen LogP contribution in [0.3, 0.4) is 0 Å². The zero-order valence-electron chi connectivity index (χ0n) is 8.82. The molecule has 1 heterocycles. The molecule has 16 heavy (non-hydrogen) atoms. The van der Waals surface area contributed by atoms with E-state index in [2.05, 4.69) is 4.98 Å². The summed E-state index contributed by atoms with van der Waals surface area (Å²) in [5, 5.41) is 0. The first kappa shape index (κ1) is 9.46. The van der Waals surface area contributed by atoms with Crippen molar-refractivity contribution in [3.63, 3.8) is 0 Å². The summed E-state index contributed by atoms with van der Waals surface area (Å²) in [6.45, 7) is 0. The van der Waals surface area contributed by atoms with Gasteiger partial charge in [-0.1, -0.05) is 0 Å². The highest BCUT2D eigenvalue weighted by Crippen LogP contribution is 2.24. The van der Waals surface area contributed by atoms with Crippen molar-refractivity contribution in [3.05, 3.63) is 40.7 Å². The summed E-state index contributed by atoms with van der Waals surface area (Å²) in [7, 11) is 0. The molecule has 0 unspecified atom stereocenters. The van der Waals surface area contributed by atoms with Gasteiger partial charge in [-0.05, 0) is 49.5 Å². The van der Waals surface area contributed by atoms with E-state index >= 15 is 0 Å². The predicted molar refractivity (Wildman–Crippen MR) is 58.7 cm³/mol. The van der Waals surface area contributed by atoms with Gasteiger partial charge in [0.1, 0.15) is 5.69 Å². The van der Waals surface area contributed by atoms with Crippen molar-refractivity contribution in [2.75, 3.05) is 0 Å². The molecule has 1 aromatic rings. The fourth-order valence-corrected chi connectivity index (χ4v) is 2.33. The summed E-state index contributed by atoms with van der Waals surface area (Å²) in [6, 6.07) is 1.86. The van der Waals surface area contributed by atoms with Gasteiger partial charge in [0, 0.05) is 5.69 Å². The number of carbonyl (C=O) groups excluding carboxylic acids is 2. The minimum absolute atomic E-state index is 0.101. The van der Waals surface area contributed by atoms with E-state index in [4.69, 9.17) is 0 Å². The molecule has 0 N–H and O–H groups in total.